The molecule has 0 aliphatic rings. The van der Waals surface area contributed by atoms with Gasteiger partial charge in [0.2, 0.25) is 0 Å². The number of hydrogen-bond donors (Lipinski definition) is 1. The maximum atomic E-state index is 12.0. The van der Waals surface area contributed by atoms with Crippen LogP contribution in [-0.2, 0) is 6.42 Å². The maximum Gasteiger partial charge on any atom is 0.255 e. The fraction of sp³-hybridized carbons (Fsp3) is 0.188. The minimum absolute atomic E-state index is 0.111. The Bertz CT molecular complexity index is 537. The number of benzene rings is 2. The quantitative estimate of drug-likeness (QED) is 0.890. The number of hydrogen-bond acceptors (Lipinski definition) is 2. The number of nitrogens with one attached hydrogen (secondary N) is 1. The normalized spacial score (nSPS) is 9.95. The van der Waals surface area contributed by atoms with E-state index in [0.717, 1.165) is 6.42 Å². The minimum atomic E-state index is -0.111. The van der Waals surface area contributed by atoms with Gasteiger partial charge in [0.15, 0.2) is 0 Å². The van der Waals surface area contributed by atoms with Crippen LogP contribution in [0, 0.1) is 6.07 Å². The van der Waals surface area contributed by atoms with Crippen LogP contribution in [0.5, 0.6) is 5.75 Å². The van der Waals surface area contributed by atoms with Gasteiger partial charge in [0.25, 0.3) is 5.91 Å². The summed E-state index contributed by atoms with van der Waals surface area (Å²) in [6.07, 6.45) is 0.801. The number of para-hydroxylation sites is 1. The van der Waals surface area contributed by atoms with E-state index in [1.165, 1.54) is 5.56 Å². The highest BCUT2D eigenvalue weighted by Gasteiger charge is 2.10. The van der Waals surface area contributed by atoms with Crippen molar-refractivity contribution in [3.05, 3.63) is 65.7 Å². The molecule has 0 saturated heterocycles. The molecule has 2 rings (SSSR count). The molecule has 0 bridgehead atoms. The van der Waals surface area contributed by atoms with E-state index in [9.17, 15) is 4.79 Å². The second kappa shape index (κ2) is 6.59. The van der Waals surface area contributed by atoms with Crippen molar-refractivity contribution in [2.24, 2.45) is 0 Å². The summed E-state index contributed by atoms with van der Waals surface area (Å²) in [7, 11) is 1.56. The van der Waals surface area contributed by atoms with Crippen molar-refractivity contribution in [2.45, 2.75) is 6.42 Å². The van der Waals surface area contributed by atoms with E-state index in [1.807, 2.05) is 36.4 Å². The Kier molecular flexibility index (Phi) is 4.56. The predicted molar refractivity (Wildman–Crippen MR) is 74.3 cm³/mol. The van der Waals surface area contributed by atoms with Crippen LogP contribution in [0.15, 0.2) is 48.5 Å². The molecular formula is C16H16NO2. The van der Waals surface area contributed by atoms with Crippen molar-refractivity contribution in [1.29, 1.82) is 0 Å². The van der Waals surface area contributed by atoms with E-state index in [1.54, 1.807) is 19.2 Å². The lowest BCUT2D eigenvalue weighted by Crippen LogP contribution is -2.26. The molecule has 2 aromatic rings. The van der Waals surface area contributed by atoms with Crippen LogP contribution in [0.1, 0.15) is 15.9 Å². The van der Waals surface area contributed by atoms with Gasteiger partial charge in [-0.3, -0.25) is 4.79 Å². The first-order chi connectivity index (χ1) is 9.31. The zero-order valence-corrected chi connectivity index (χ0v) is 10.8. The molecule has 19 heavy (non-hydrogen) atoms. The van der Waals surface area contributed by atoms with Crippen LogP contribution in [0.3, 0.4) is 0 Å². The number of ether oxygens (including phenoxy) is 1. The first-order valence-electron chi connectivity index (χ1n) is 6.17. The Morgan fingerprint density at radius 3 is 2.68 bits per heavy atom. The van der Waals surface area contributed by atoms with Crippen molar-refractivity contribution in [3.8, 4) is 5.75 Å². The second-order valence-electron chi connectivity index (χ2n) is 4.11. The highest BCUT2D eigenvalue weighted by atomic mass is 16.5. The lowest BCUT2D eigenvalue weighted by molar-refractivity contribution is 0.0951. The smallest absolute Gasteiger partial charge is 0.255 e. The molecule has 3 nitrogen and oxygen atoms in total. The van der Waals surface area contributed by atoms with Crippen LogP contribution in [-0.4, -0.2) is 19.6 Å². The molecule has 0 saturated carbocycles. The number of methoxy groups -OCH3 is 1. The summed E-state index contributed by atoms with van der Waals surface area (Å²) in [5, 5.41) is 2.89. The largest absolute Gasteiger partial charge is 0.496 e. The molecule has 1 N–H and O–H groups in total. The summed E-state index contributed by atoms with van der Waals surface area (Å²) >= 11 is 0. The lowest BCUT2D eigenvalue weighted by Gasteiger charge is -2.09. The molecule has 0 heterocycles. The summed E-state index contributed by atoms with van der Waals surface area (Å²) in [4.78, 5) is 12.0. The van der Waals surface area contributed by atoms with Crippen molar-refractivity contribution in [2.75, 3.05) is 13.7 Å². The Labute approximate surface area is 113 Å². The summed E-state index contributed by atoms with van der Waals surface area (Å²) < 4.78 is 5.17. The molecule has 0 aromatic heterocycles. The van der Waals surface area contributed by atoms with Gasteiger partial charge in [-0.2, -0.15) is 0 Å². The van der Waals surface area contributed by atoms with E-state index >= 15 is 0 Å². The van der Waals surface area contributed by atoms with E-state index in [-0.39, 0.29) is 5.91 Å². The Hall–Kier alpha value is -2.29. The monoisotopic (exact) mass is 254 g/mol. The molecular weight excluding hydrogens is 238 g/mol. The van der Waals surface area contributed by atoms with Crippen molar-refractivity contribution in [3.63, 3.8) is 0 Å². The van der Waals surface area contributed by atoms with Crippen LogP contribution < -0.4 is 10.1 Å². The summed E-state index contributed by atoms with van der Waals surface area (Å²) in [5.41, 5.74) is 1.74. The number of carbonyl (C=O) groups is 1. The summed E-state index contributed by atoms with van der Waals surface area (Å²) in [6.45, 7) is 0.598. The zero-order chi connectivity index (χ0) is 13.5. The lowest BCUT2D eigenvalue weighted by atomic mass is 10.1. The molecule has 0 fully saturated rings. The fourth-order valence-corrected chi connectivity index (χ4v) is 1.84. The average Bonchev–Trinajstić information content (AvgIpc) is 2.48. The van der Waals surface area contributed by atoms with E-state index < -0.39 is 0 Å². The van der Waals surface area contributed by atoms with Crippen molar-refractivity contribution in [1.82, 2.24) is 5.32 Å². The van der Waals surface area contributed by atoms with Crippen LogP contribution >= 0.6 is 0 Å². The minimum Gasteiger partial charge on any atom is -0.496 e. The van der Waals surface area contributed by atoms with Gasteiger partial charge < -0.3 is 10.1 Å². The third-order valence-corrected chi connectivity index (χ3v) is 2.84. The molecule has 0 atom stereocenters. The Morgan fingerprint density at radius 2 is 1.95 bits per heavy atom. The van der Waals surface area contributed by atoms with E-state index in [4.69, 9.17) is 4.74 Å². The summed E-state index contributed by atoms with van der Waals surface area (Å²) in [5.74, 6) is 0.481. The third-order valence-electron chi connectivity index (χ3n) is 2.84. The molecule has 3 heteroatoms. The van der Waals surface area contributed by atoms with Gasteiger partial charge in [0.1, 0.15) is 5.75 Å². The van der Waals surface area contributed by atoms with Gasteiger partial charge >= 0.3 is 0 Å². The van der Waals surface area contributed by atoms with Crippen LogP contribution in [0.2, 0.25) is 0 Å². The Morgan fingerprint density at radius 1 is 1.21 bits per heavy atom. The highest BCUT2D eigenvalue weighted by Crippen LogP contribution is 2.16. The van der Waals surface area contributed by atoms with Gasteiger partial charge in [-0.25, -0.2) is 0 Å². The fourth-order valence-electron chi connectivity index (χ4n) is 1.84. The summed E-state index contributed by atoms with van der Waals surface area (Å²) in [6, 6.07) is 17.9. The topological polar surface area (TPSA) is 38.3 Å². The molecule has 0 unspecified atom stereocenters. The average molecular weight is 254 g/mol. The second-order valence-corrected chi connectivity index (χ2v) is 4.11. The van der Waals surface area contributed by atoms with Crippen molar-refractivity contribution >= 4 is 5.91 Å². The molecule has 2 aromatic carbocycles. The van der Waals surface area contributed by atoms with E-state index in [0.29, 0.717) is 17.9 Å². The maximum absolute atomic E-state index is 12.0. The van der Waals surface area contributed by atoms with Gasteiger partial charge in [-0.1, -0.05) is 36.4 Å². The van der Waals surface area contributed by atoms with Gasteiger partial charge in [-0.15, -0.1) is 0 Å². The van der Waals surface area contributed by atoms with Gasteiger partial charge in [-0.05, 0) is 30.2 Å². The SMILES string of the molecule is COc1ccccc1C(=O)NCCc1cc[c]cc1. The molecule has 1 radical (unpaired) electrons. The Balaban J connectivity index is 1.91. The first kappa shape index (κ1) is 13.1. The molecule has 0 aliphatic carbocycles. The van der Waals surface area contributed by atoms with Crippen molar-refractivity contribution < 1.29 is 9.53 Å². The molecule has 0 spiro atoms. The standard InChI is InChI=1S/C16H16NO2/c1-19-15-10-6-5-9-14(15)16(18)17-12-11-13-7-3-2-4-8-13/h3-10H,11-12H2,1H3,(H,17,18). The molecule has 97 valence electrons. The van der Waals surface area contributed by atoms with Gasteiger partial charge in [0, 0.05) is 6.54 Å². The highest BCUT2D eigenvalue weighted by molar-refractivity contribution is 5.96. The molecule has 0 aliphatic heterocycles. The van der Waals surface area contributed by atoms with Crippen LogP contribution in [0.25, 0.3) is 0 Å². The molecule has 1 amide bonds. The number of rotatable bonds is 5. The predicted octanol–water partition coefficient (Wildman–Crippen LogP) is 2.47. The number of carbonyl (C=O) groups excluding carboxylic acids is 1. The van der Waals surface area contributed by atoms with Gasteiger partial charge in [0.05, 0.1) is 12.7 Å². The van der Waals surface area contributed by atoms with E-state index in [2.05, 4.69) is 11.4 Å². The first-order valence-corrected chi connectivity index (χ1v) is 6.17. The van der Waals surface area contributed by atoms with Crippen LogP contribution in [0.4, 0.5) is 0 Å². The zero-order valence-electron chi connectivity index (χ0n) is 10.8. The number of amides is 1. The third kappa shape index (κ3) is 3.58.